The second-order valence-corrected chi connectivity index (χ2v) is 8.27. The van der Waals surface area contributed by atoms with Gasteiger partial charge >= 0.3 is 6.18 Å². The Balaban J connectivity index is 1.67. The first-order chi connectivity index (χ1) is 13.3. The van der Waals surface area contributed by atoms with E-state index < -0.39 is 11.9 Å². The Kier molecular flexibility index (Phi) is 3.77. The smallest absolute Gasteiger partial charge is 0.264 e. The van der Waals surface area contributed by atoms with E-state index in [-0.39, 0.29) is 11.5 Å². The molecule has 0 aliphatic heterocycles. The first kappa shape index (κ1) is 17.6. The van der Waals surface area contributed by atoms with Crippen molar-refractivity contribution in [2.75, 3.05) is 0 Å². The van der Waals surface area contributed by atoms with Gasteiger partial charge in [0.2, 0.25) is 0 Å². The van der Waals surface area contributed by atoms with Crippen LogP contribution in [0.25, 0.3) is 27.4 Å². The van der Waals surface area contributed by atoms with Gasteiger partial charge in [-0.15, -0.1) is 16.4 Å². The van der Waals surface area contributed by atoms with Crippen molar-refractivity contribution < 1.29 is 13.2 Å². The van der Waals surface area contributed by atoms with E-state index in [1.807, 2.05) is 0 Å². The number of aromatic nitrogens is 6. The molecule has 4 heterocycles. The molecule has 0 saturated carbocycles. The molecular formula is C18H17F3N6S. The van der Waals surface area contributed by atoms with Crippen LogP contribution in [0.3, 0.4) is 0 Å². The fourth-order valence-electron chi connectivity index (χ4n) is 3.91. The summed E-state index contributed by atoms with van der Waals surface area (Å²) >= 11 is 1.69. The fourth-order valence-corrected chi connectivity index (χ4v) is 5.21. The lowest BCUT2D eigenvalue weighted by Gasteiger charge is -2.20. The van der Waals surface area contributed by atoms with Gasteiger partial charge in [-0.05, 0) is 36.8 Å². The van der Waals surface area contributed by atoms with Crippen molar-refractivity contribution in [3.63, 3.8) is 0 Å². The van der Waals surface area contributed by atoms with E-state index in [2.05, 4.69) is 27.1 Å². The van der Waals surface area contributed by atoms with Crippen LogP contribution < -0.4 is 0 Å². The molecule has 28 heavy (non-hydrogen) atoms. The molecule has 6 nitrogen and oxygen atoms in total. The number of hydrogen-bond acceptors (Lipinski definition) is 5. The standard InChI is InChI=1S/C18H17F3N6S/c1-3-9-4-5-10-12(6-9)28-17-14(10)16-23-15(25-27(16)8-22-17)11-7-13(18(19,20)21)24-26(11)2/h7-9H,3-6H2,1-2H3/t9-/m0/s1. The highest BCUT2D eigenvalue weighted by Gasteiger charge is 2.35. The monoisotopic (exact) mass is 406 g/mol. The molecular weight excluding hydrogens is 389 g/mol. The molecule has 4 aromatic rings. The lowest BCUT2D eigenvalue weighted by atomic mass is 9.86. The summed E-state index contributed by atoms with van der Waals surface area (Å²) in [7, 11) is 1.46. The molecule has 1 atom stereocenters. The van der Waals surface area contributed by atoms with Gasteiger partial charge in [-0.25, -0.2) is 14.5 Å². The van der Waals surface area contributed by atoms with Crippen molar-refractivity contribution >= 4 is 27.2 Å². The average molecular weight is 406 g/mol. The van der Waals surface area contributed by atoms with Crippen molar-refractivity contribution in [3.8, 4) is 11.5 Å². The Bertz CT molecular complexity index is 1200. The fraction of sp³-hybridized carbons (Fsp3) is 0.444. The van der Waals surface area contributed by atoms with Crippen LogP contribution in [0.5, 0.6) is 0 Å². The molecule has 0 saturated heterocycles. The summed E-state index contributed by atoms with van der Waals surface area (Å²) in [5.74, 6) is 0.905. The number of rotatable bonds is 2. The van der Waals surface area contributed by atoms with Gasteiger partial charge < -0.3 is 0 Å². The highest BCUT2D eigenvalue weighted by Crippen LogP contribution is 2.39. The molecule has 0 spiro atoms. The number of nitrogens with zero attached hydrogens (tertiary/aromatic N) is 6. The van der Waals surface area contributed by atoms with Crippen LogP contribution in [0.4, 0.5) is 13.2 Å². The summed E-state index contributed by atoms with van der Waals surface area (Å²) in [5.41, 5.74) is 1.18. The third-order valence-electron chi connectivity index (χ3n) is 5.46. The Morgan fingerprint density at radius 1 is 1.29 bits per heavy atom. The summed E-state index contributed by atoms with van der Waals surface area (Å²) in [5, 5.41) is 8.91. The van der Waals surface area contributed by atoms with E-state index in [0.29, 0.717) is 11.6 Å². The van der Waals surface area contributed by atoms with E-state index in [4.69, 9.17) is 0 Å². The van der Waals surface area contributed by atoms with Gasteiger partial charge in [0.05, 0.1) is 5.39 Å². The predicted octanol–water partition coefficient (Wildman–Crippen LogP) is 4.27. The molecule has 5 rings (SSSR count). The van der Waals surface area contributed by atoms with Gasteiger partial charge in [0.15, 0.2) is 17.2 Å². The minimum atomic E-state index is -4.51. The van der Waals surface area contributed by atoms with Crippen LogP contribution in [-0.4, -0.2) is 29.4 Å². The first-order valence-electron chi connectivity index (χ1n) is 9.12. The molecule has 1 aliphatic rings. The molecule has 146 valence electrons. The summed E-state index contributed by atoms with van der Waals surface area (Å²) in [6, 6.07) is 0.980. The summed E-state index contributed by atoms with van der Waals surface area (Å²) in [6.45, 7) is 2.22. The maximum Gasteiger partial charge on any atom is 0.435 e. The third-order valence-corrected chi connectivity index (χ3v) is 6.63. The average Bonchev–Trinajstić information content (AvgIpc) is 3.33. The van der Waals surface area contributed by atoms with Crippen LogP contribution in [0.2, 0.25) is 0 Å². The quantitative estimate of drug-likeness (QED) is 0.499. The normalized spacial score (nSPS) is 17.5. The Morgan fingerprint density at radius 2 is 2.11 bits per heavy atom. The largest absolute Gasteiger partial charge is 0.435 e. The molecule has 0 fully saturated rings. The lowest BCUT2D eigenvalue weighted by Crippen LogP contribution is -2.11. The Morgan fingerprint density at radius 3 is 2.82 bits per heavy atom. The zero-order valence-electron chi connectivity index (χ0n) is 15.3. The lowest BCUT2D eigenvalue weighted by molar-refractivity contribution is -0.141. The maximum absolute atomic E-state index is 13.0. The zero-order chi connectivity index (χ0) is 19.6. The Hall–Kier alpha value is -2.49. The SMILES string of the molecule is CC[C@H]1CCc2c(sc3ncn4nc(-c5cc(C(F)(F)F)nn5C)nc4c23)C1. The predicted molar refractivity (Wildman–Crippen MR) is 99.2 cm³/mol. The number of alkyl halides is 3. The van der Waals surface area contributed by atoms with Gasteiger partial charge in [0, 0.05) is 11.9 Å². The van der Waals surface area contributed by atoms with E-state index in [1.54, 1.807) is 22.2 Å². The second kappa shape index (κ2) is 6.00. The molecule has 0 unspecified atom stereocenters. The third kappa shape index (κ3) is 2.61. The zero-order valence-corrected chi connectivity index (χ0v) is 16.1. The van der Waals surface area contributed by atoms with Crippen LogP contribution in [0.15, 0.2) is 12.4 Å². The maximum atomic E-state index is 13.0. The highest BCUT2D eigenvalue weighted by molar-refractivity contribution is 7.19. The van der Waals surface area contributed by atoms with E-state index in [1.165, 1.54) is 17.5 Å². The number of hydrogen-bond donors (Lipinski definition) is 0. The first-order valence-corrected chi connectivity index (χ1v) is 9.94. The molecule has 0 aromatic carbocycles. The second-order valence-electron chi connectivity index (χ2n) is 7.19. The van der Waals surface area contributed by atoms with Crippen molar-refractivity contribution in [2.24, 2.45) is 13.0 Å². The molecule has 0 amide bonds. The number of aryl methyl sites for hydroxylation is 2. The number of fused-ring (bicyclic) bond motifs is 5. The highest BCUT2D eigenvalue weighted by atomic mass is 32.1. The Labute approximate surface area is 162 Å². The molecule has 10 heteroatoms. The molecule has 4 aromatic heterocycles. The molecule has 0 radical (unpaired) electrons. The number of halogens is 3. The minimum Gasteiger partial charge on any atom is -0.264 e. The number of thiophene rings is 1. The van der Waals surface area contributed by atoms with E-state index in [9.17, 15) is 13.2 Å². The van der Waals surface area contributed by atoms with Crippen molar-refractivity contribution in [3.05, 3.63) is 28.5 Å². The van der Waals surface area contributed by atoms with Crippen molar-refractivity contribution in [1.29, 1.82) is 0 Å². The van der Waals surface area contributed by atoms with Crippen LogP contribution in [0.1, 0.15) is 35.9 Å². The van der Waals surface area contributed by atoms with E-state index in [0.717, 1.165) is 46.6 Å². The summed E-state index contributed by atoms with van der Waals surface area (Å²) in [6.07, 6.45) is 1.39. The van der Waals surface area contributed by atoms with E-state index >= 15 is 0 Å². The van der Waals surface area contributed by atoms with Crippen LogP contribution >= 0.6 is 11.3 Å². The van der Waals surface area contributed by atoms with Gasteiger partial charge in [-0.2, -0.15) is 18.3 Å². The molecule has 0 N–H and O–H groups in total. The summed E-state index contributed by atoms with van der Waals surface area (Å²) < 4.78 is 41.7. The van der Waals surface area contributed by atoms with Crippen molar-refractivity contribution in [2.45, 2.75) is 38.8 Å². The summed E-state index contributed by atoms with van der Waals surface area (Å²) in [4.78, 5) is 11.3. The van der Waals surface area contributed by atoms with Crippen LogP contribution in [0, 0.1) is 5.92 Å². The van der Waals surface area contributed by atoms with Gasteiger partial charge in [0.25, 0.3) is 0 Å². The van der Waals surface area contributed by atoms with Crippen molar-refractivity contribution in [1.82, 2.24) is 29.4 Å². The topological polar surface area (TPSA) is 60.9 Å². The van der Waals surface area contributed by atoms with Gasteiger partial charge in [0.1, 0.15) is 16.9 Å². The molecule has 0 bridgehead atoms. The molecule has 1 aliphatic carbocycles. The van der Waals surface area contributed by atoms with Gasteiger partial charge in [-0.1, -0.05) is 13.3 Å². The van der Waals surface area contributed by atoms with Crippen LogP contribution in [-0.2, 0) is 26.1 Å². The van der Waals surface area contributed by atoms with Gasteiger partial charge in [-0.3, -0.25) is 4.68 Å². The minimum absolute atomic E-state index is 0.210.